The number of ether oxygens (including phenoxy) is 1. The molecule has 3 rings (SSSR count). The molecule has 1 aromatic carbocycles. The number of fused-ring (bicyclic) bond motifs is 1. The molecule has 0 saturated carbocycles. The maximum absolute atomic E-state index is 11.4. The van der Waals surface area contributed by atoms with Crippen LogP contribution >= 0.6 is 11.6 Å². The minimum atomic E-state index is -0.0714. The predicted molar refractivity (Wildman–Crippen MR) is 82.9 cm³/mol. The summed E-state index contributed by atoms with van der Waals surface area (Å²) in [5, 5.41) is 0.669. The van der Waals surface area contributed by atoms with Gasteiger partial charge in [0, 0.05) is 37.5 Å². The largest absolute Gasteiger partial charge is 0.490 e. The van der Waals surface area contributed by atoms with Crippen LogP contribution in [-0.4, -0.2) is 23.0 Å². The fourth-order valence-corrected chi connectivity index (χ4v) is 3.01. The lowest BCUT2D eigenvalue weighted by Crippen LogP contribution is -2.25. The average Bonchev–Trinajstić information content (AvgIpc) is 2.60. The number of hydrogen-bond donors (Lipinski definition) is 1. The highest BCUT2D eigenvalue weighted by Crippen LogP contribution is 2.33. The van der Waals surface area contributed by atoms with Crippen molar-refractivity contribution in [3.05, 3.63) is 62.5 Å². The van der Waals surface area contributed by atoms with Gasteiger partial charge in [-0.05, 0) is 30.2 Å². The quantitative estimate of drug-likeness (QED) is 0.928. The Hall–Kier alpha value is -1.78. The van der Waals surface area contributed by atoms with Gasteiger partial charge in [0.25, 0.3) is 0 Å². The fraction of sp³-hybridized carbons (Fsp3) is 0.312. The second-order valence-electron chi connectivity index (χ2n) is 5.36. The number of aryl methyl sites for hydroxylation is 1. The Balaban J connectivity index is 1.84. The highest BCUT2D eigenvalue weighted by molar-refractivity contribution is 6.32. The van der Waals surface area contributed by atoms with Crippen LogP contribution in [0.1, 0.15) is 16.7 Å². The summed E-state index contributed by atoms with van der Waals surface area (Å²) in [6, 6.07) is 7.59. The first-order chi connectivity index (χ1) is 10.1. The van der Waals surface area contributed by atoms with Crippen molar-refractivity contribution < 1.29 is 4.74 Å². The fourth-order valence-electron chi connectivity index (χ4n) is 2.66. The summed E-state index contributed by atoms with van der Waals surface area (Å²) in [5.41, 5.74) is 3.15. The molecule has 0 saturated heterocycles. The van der Waals surface area contributed by atoms with E-state index < -0.39 is 0 Å². The van der Waals surface area contributed by atoms with Gasteiger partial charge in [-0.15, -0.1) is 0 Å². The van der Waals surface area contributed by atoms with E-state index in [9.17, 15) is 4.79 Å². The molecule has 2 heterocycles. The van der Waals surface area contributed by atoms with E-state index >= 15 is 0 Å². The third-order valence-electron chi connectivity index (χ3n) is 3.56. The zero-order valence-electron chi connectivity index (χ0n) is 11.9. The molecule has 4 nitrogen and oxygen atoms in total. The Bertz CT molecular complexity index is 712. The van der Waals surface area contributed by atoms with Crippen LogP contribution in [0.25, 0.3) is 0 Å². The topological polar surface area (TPSA) is 45.3 Å². The van der Waals surface area contributed by atoms with E-state index in [0.717, 1.165) is 42.1 Å². The highest BCUT2D eigenvalue weighted by Gasteiger charge is 2.18. The normalized spacial score (nSPS) is 15.1. The third-order valence-corrected chi connectivity index (χ3v) is 3.84. The van der Waals surface area contributed by atoms with Gasteiger partial charge in [-0.2, -0.15) is 0 Å². The molecule has 0 spiro atoms. The van der Waals surface area contributed by atoms with Gasteiger partial charge in [-0.1, -0.05) is 17.7 Å². The summed E-state index contributed by atoms with van der Waals surface area (Å²) >= 11 is 6.26. The molecule has 1 aliphatic heterocycles. The molecule has 1 aromatic heterocycles. The summed E-state index contributed by atoms with van der Waals surface area (Å²) in [4.78, 5) is 16.3. The van der Waals surface area contributed by atoms with E-state index in [1.165, 1.54) is 0 Å². The van der Waals surface area contributed by atoms with Crippen molar-refractivity contribution in [3.63, 3.8) is 0 Å². The molecule has 1 aliphatic rings. The van der Waals surface area contributed by atoms with Crippen molar-refractivity contribution in [2.24, 2.45) is 0 Å². The van der Waals surface area contributed by atoms with E-state index in [-0.39, 0.29) is 5.56 Å². The number of nitrogens with zero attached hydrogens (tertiary/aromatic N) is 1. The van der Waals surface area contributed by atoms with Gasteiger partial charge in [-0.25, -0.2) is 0 Å². The standard InChI is InChI=1S/C16H17ClN2O2/c1-11-6-13-10-19(4-5-21-16(13)14(17)7-11)9-12-2-3-18-15(20)8-12/h2-3,6-8H,4-5,9-10H2,1H3,(H,18,20). The first-order valence-corrected chi connectivity index (χ1v) is 7.31. The maximum atomic E-state index is 11.4. The summed E-state index contributed by atoms with van der Waals surface area (Å²) in [6.45, 7) is 4.91. The number of H-pyrrole nitrogens is 1. The number of benzene rings is 1. The molecule has 21 heavy (non-hydrogen) atoms. The minimum Gasteiger partial charge on any atom is -0.490 e. The number of aromatic amines is 1. The monoisotopic (exact) mass is 304 g/mol. The zero-order valence-corrected chi connectivity index (χ0v) is 12.6. The Morgan fingerprint density at radius 2 is 2.24 bits per heavy atom. The molecule has 0 atom stereocenters. The van der Waals surface area contributed by atoms with Crippen molar-refractivity contribution >= 4 is 11.6 Å². The Morgan fingerprint density at radius 3 is 3.05 bits per heavy atom. The summed E-state index contributed by atoms with van der Waals surface area (Å²) in [7, 11) is 0. The molecule has 2 aromatic rings. The summed E-state index contributed by atoms with van der Waals surface area (Å²) in [5.74, 6) is 0.788. The van der Waals surface area contributed by atoms with E-state index in [2.05, 4.69) is 16.0 Å². The molecule has 5 heteroatoms. The molecule has 0 radical (unpaired) electrons. The Kier molecular flexibility index (Phi) is 3.99. The Morgan fingerprint density at radius 1 is 1.38 bits per heavy atom. The van der Waals surface area contributed by atoms with Crippen LogP contribution in [0, 0.1) is 6.92 Å². The number of nitrogens with one attached hydrogen (secondary N) is 1. The van der Waals surface area contributed by atoms with E-state index in [4.69, 9.17) is 16.3 Å². The van der Waals surface area contributed by atoms with Gasteiger partial charge in [0.15, 0.2) is 0 Å². The van der Waals surface area contributed by atoms with Crippen LogP contribution < -0.4 is 10.3 Å². The van der Waals surface area contributed by atoms with Crippen LogP contribution in [-0.2, 0) is 13.1 Å². The molecule has 1 N–H and O–H groups in total. The van der Waals surface area contributed by atoms with Gasteiger partial charge in [0.2, 0.25) is 5.56 Å². The molecule has 0 fully saturated rings. The van der Waals surface area contributed by atoms with Crippen molar-refractivity contribution in [3.8, 4) is 5.75 Å². The summed E-state index contributed by atoms with van der Waals surface area (Å²) < 4.78 is 5.78. The zero-order chi connectivity index (χ0) is 14.8. The van der Waals surface area contributed by atoms with Crippen molar-refractivity contribution in [2.75, 3.05) is 13.2 Å². The highest BCUT2D eigenvalue weighted by atomic mass is 35.5. The van der Waals surface area contributed by atoms with Gasteiger partial charge in [0.05, 0.1) is 5.02 Å². The molecule has 0 unspecified atom stereocenters. The number of halogens is 1. The molecule has 0 bridgehead atoms. The van der Waals surface area contributed by atoms with Crippen LogP contribution in [0.3, 0.4) is 0 Å². The smallest absolute Gasteiger partial charge is 0.248 e. The summed E-state index contributed by atoms with van der Waals surface area (Å²) in [6.07, 6.45) is 1.68. The first-order valence-electron chi connectivity index (χ1n) is 6.93. The van der Waals surface area contributed by atoms with Gasteiger partial charge in [-0.3, -0.25) is 9.69 Å². The van der Waals surface area contributed by atoms with Crippen LogP contribution in [0.5, 0.6) is 5.75 Å². The Labute approximate surface area is 128 Å². The third kappa shape index (κ3) is 3.28. The van der Waals surface area contributed by atoms with E-state index in [0.29, 0.717) is 11.6 Å². The molecular formula is C16H17ClN2O2. The lowest BCUT2D eigenvalue weighted by atomic mass is 10.1. The number of rotatable bonds is 2. The van der Waals surface area contributed by atoms with E-state index in [1.807, 2.05) is 19.1 Å². The maximum Gasteiger partial charge on any atom is 0.248 e. The van der Waals surface area contributed by atoms with Crippen molar-refractivity contribution in [1.29, 1.82) is 0 Å². The average molecular weight is 305 g/mol. The van der Waals surface area contributed by atoms with Crippen molar-refractivity contribution in [2.45, 2.75) is 20.0 Å². The number of aromatic nitrogens is 1. The molecule has 110 valence electrons. The van der Waals surface area contributed by atoms with Gasteiger partial charge >= 0.3 is 0 Å². The van der Waals surface area contributed by atoms with E-state index in [1.54, 1.807) is 12.3 Å². The lowest BCUT2D eigenvalue weighted by molar-refractivity contribution is 0.219. The van der Waals surface area contributed by atoms with Crippen LogP contribution in [0.15, 0.2) is 35.3 Å². The molecule has 0 amide bonds. The lowest BCUT2D eigenvalue weighted by Gasteiger charge is -2.19. The second-order valence-corrected chi connectivity index (χ2v) is 5.76. The number of pyridine rings is 1. The van der Waals surface area contributed by atoms with Gasteiger partial charge in [0.1, 0.15) is 12.4 Å². The SMILES string of the molecule is Cc1cc(Cl)c2c(c1)CN(Cc1cc[nH]c(=O)c1)CCO2. The van der Waals surface area contributed by atoms with Gasteiger partial charge < -0.3 is 9.72 Å². The molecule has 0 aliphatic carbocycles. The predicted octanol–water partition coefficient (Wildman–Crippen LogP) is 2.73. The minimum absolute atomic E-state index is 0.0714. The van der Waals surface area contributed by atoms with Crippen LogP contribution in [0.4, 0.5) is 0 Å². The second kappa shape index (κ2) is 5.92. The number of hydrogen-bond acceptors (Lipinski definition) is 3. The van der Waals surface area contributed by atoms with Crippen LogP contribution in [0.2, 0.25) is 5.02 Å². The molecular weight excluding hydrogens is 288 g/mol. The first kappa shape index (κ1) is 14.2. The van der Waals surface area contributed by atoms with Crippen molar-refractivity contribution in [1.82, 2.24) is 9.88 Å².